The molecule has 0 radical (unpaired) electrons. The van der Waals surface area contributed by atoms with Crippen molar-refractivity contribution in [1.82, 2.24) is 4.90 Å². The minimum Gasteiger partial charge on any atom is -0.444 e. The van der Waals surface area contributed by atoms with E-state index in [1.807, 2.05) is 6.07 Å². The molecule has 0 aliphatic carbocycles. The zero-order valence-corrected chi connectivity index (χ0v) is 11.1. The first-order valence-electron chi connectivity index (χ1n) is 6.36. The topological polar surface area (TPSA) is 116 Å². The summed E-state index contributed by atoms with van der Waals surface area (Å²) in [6.45, 7) is -0.0620. The van der Waals surface area contributed by atoms with E-state index in [-0.39, 0.29) is 19.6 Å². The molecule has 0 aromatic heterocycles. The number of ether oxygens (including phenoxy) is 1. The molecule has 110 valence electrons. The van der Waals surface area contributed by atoms with Crippen LogP contribution in [0.4, 0.5) is 4.79 Å². The van der Waals surface area contributed by atoms with Gasteiger partial charge in [0, 0.05) is 17.9 Å². The fourth-order valence-electron chi connectivity index (χ4n) is 2.12. The zero-order valence-electron chi connectivity index (χ0n) is 11.1. The Hall–Kier alpha value is -2.57. The SMILES string of the molecule is [N-]=[N+]=NC[C@@H]1C[C@@H](O)C(=O)N1C(=O)OCc1ccccc1. The number of hydrogen-bond acceptors (Lipinski definition) is 5. The van der Waals surface area contributed by atoms with Crippen LogP contribution in [-0.4, -0.2) is 40.7 Å². The van der Waals surface area contributed by atoms with Gasteiger partial charge in [0.1, 0.15) is 12.7 Å². The summed E-state index contributed by atoms with van der Waals surface area (Å²) < 4.78 is 5.06. The van der Waals surface area contributed by atoms with Crippen LogP contribution in [0.15, 0.2) is 35.4 Å². The van der Waals surface area contributed by atoms with Gasteiger partial charge in [0.25, 0.3) is 5.91 Å². The van der Waals surface area contributed by atoms with Crippen molar-refractivity contribution in [3.63, 3.8) is 0 Å². The molecule has 1 aliphatic heterocycles. The normalized spacial score (nSPS) is 21.0. The number of likely N-dealkylation sites (tertiary alicyclic amines) is 1. The Bertz CT molecular complexity index is 571. The highest BCUT2D eigenvalue weighted by Gasteiger charge is 2.42. The summed E-state index contributed by atoms with van der Waals surface area (Å²) in [7, 11) is 0. The summed E-state index contributed by atoms with van der Waals surface area (Å²) in [6.07, 6.45) is -2.08. The average molecular weight is 290 g/mol. The van der Waals surface area contributed by atoms with Gasteiger partial charge in [0.05, 0.1) is 6.04 Å². The van der Waals surface area contributed by atoms with Crippen LogP contribution < -0.4 is 0 Å². The molecule has 1 N–H and O–H groups in total. The van der Waals surface area contributed by atoms with Gasteiger partial charge in [-0.15, -0.1) is 0 Å². The molecule has 1 saturated heterocycles. The highest BCUT2D eigenvalue weighted by atomic mass is 16.6. The Morgan fingerprint density at radius 3 is 2.86 bits per heavy atom. The summed E-state index contributed by atoms with van der Waals surface area (Å²) in [5, 5.41) is 12.9. The van der Waals surface area contributed by atoms with E-state index in [1.165, 1.54) is 0 Å². The van der Waals surface area contributed by atoms with Gasteiger partial charge in [0.15, 0.2) is 0 Å². The van der Waals surface area contributed by atoms with Crippen LogP contribution in [0.1, 0.15) is 12.0 Å². The summed E-state index contributed by atoms with van der Waals surface area (Å²) in [5.74, 6) is -0.730. The molecule has 1 aromatic carbocycles. The van der Waals surface area contributed by atoms with Gasteiger partial charge < -0.3 is 9.84 Å². The molecule has 21 heavy (non-hydrogen) atoms. The fourth-order valence-corrected chi connectivity index (χ4v) is 2.12. The third kappa shape index (κ3) is 3.50. The summed E-state index contributed by atoms with van der Waals surface area (Å²) in [5.41, 5.74) is 9.09. The lowest BCUT2D eigenvalue weighted by molar-refractivity contribution is -0.133. The lowest BCUT2D eigenvalue weighted by atomic mass is 10.2. The molecular formula is C13H14N4O4. The van der Waals surface area contributed by atoms with E-state index < -0.39 is 24.1 Å². The molecule has 0 bridgehead atoms. The van der Waals surface area contributed by atoms with Crippen LogP contribution in [0, 0.1) is 0 Å². The van der Waals surface area contributed by atoms with Crippen molar-refractivity contribution in [3.05, 3.63) is 46.3 Å². The predicted octanol–water partition coefficient (Wildman–Crippen LogP) is 1.60. The van der Waals surface area contributed by atoms with E-state index in [0.29, 0.717) is 0 Å². The first-order chi connectivity index (χ1) is 10.1. The quantitative estimate of drug-likeness (QED) is 0.515. The van der Waals surface area contributed by atoms with Gasteiger partial charge in [-0.25, -0.2) is 9.69 Å². The second kappa shape index (κ2) is 6.74. The lowest BCUT2D eigenvalue weighted by Crippen LogP contribution is -2.41. The number of aliphatic hydroxyl groups excluding tert-OH is 1. The van der Waals surface area contributed by atoms with Gasteiger partial charge in [-0.3, -0.25) is 4.79 Å². The summed E-state index contributed by atoms with van der Waals surface area (Å²) in [4.78, 5) is 27.2. The molecule has 2 rings (SSSR count). The maximum atomic E-state index is 12.0. The molecule has 8 nitrogen and oxygen atoms in total. The Balaban J connectivity index is 2.01. The number of benzene rings is 1. The second-order valence-electron chi connectivity index (χ2n) is 4.57. The highest BCUT2D eigenvalue weighted by molar-refractivity contribution is 5.96. The number of imide groups is 1. The molecule has 0 spiro atoms. The predicted molar refractivity (Wildman–Crippen MR) is 71.9 cm³/mol. The van der Waals surface area contributed by atoms with Crippen LogP contribution in [0.5, 0.6) is 0 Å². The molecule has 1 heterocycles. The van der Waals surface area contributed by atoms with Gasteiger partial charge in [-0.05, 0) is 11.1 Å². The number of azide groups is 1. The molecular weight excluding hydrogens is 276 g/mol. The standard InChI is InChI=1S/C13H14N4O4/c14-16-15-7-10-6-11(18)12(19)17(10)13(20)21-8-9-4-2-1-3-5-9/h1-5,10-11,18H,6-8H2/t10-,11+/m0/s1. The van der Waals surface area contributed by atoms with Crippen molar-refractivity contribution in [3.8, 4) is 0 Å². The number of carbonyl (C=O) groups is 2. The lowest BCUT2D eigenvalue weighted by Gasteiger charge is -2.20. The first kappa shape index (κ1) is 14.8. The third-order valence-corrected chi connectivity index (χ3v) is 3.14. The van der Waals surface area contributed by atoms with Gasteiger partial charge in [0.2, 0.25) is 0 Å². The summed E-state index contributed by atoms with van der Waals surface area (Å²) >= 11 is 0. The summed E-state index contributed by atoms with van der Waals surface area (Å²) in [6, 6.07) is 8.33. The Morgan fingerprint density at radius 2 is 2.19 bits per heavy atom. The van der Waals surface area contributed by atoms with Gasteiger partial charge >= 0.3 is 6.09 Å². The molecule has 2 amide bonds. The smallest absolute Gasteiger partial charge is 0.417 e. The van der Waals surface area contributed by atoms with Crippen molar-refractivity contribution in [2.75, 3.05) is 6.54 Å². The second-order valence-corrected chi connectivity index (χ2v) is 4.57. The van der Waals surface area contributed by atoms with Crippen LogP contribution in [0.2, 0.25) is 0 Å². The fraction of sp³-hybridized carbons (Fsp3) is 0.385. The van der Waals surface area contributed by atoms with Crippen molar-refractivity contribution in [1.29, 1.82) is 0 Å². The molecule has 0 unspecified atom stereocenters. The largest absolute Gasteiger partial charge is 0.444 e. The molecule has 1 fully saturated rings. The maximum absolute atomic E-state index is 12.0. The van der Waals surface area contributed by atoms with Crippen LogP contribution in [-0.2, 0) is 16.1 Å². The number of carbonyl (C=O) groups excluding carboxylic acids is 2. The minimum absolute atomic E-state index is 0.0216. The average Bonchev–Trinajstić information content (AvgIpc) is 2.79. The van der Waals surface area contributed by atoms with Crippen molar-refractivity contribution in [2.45, 2.75) is 25.2 Å². The Labute approximate surface area is 120 Å². The molecule has 0 saturated carbocycles. The number of rotatable bonds is 4. The van der Waals surface area contributed by atoms with Gasteiger partial charge in [-0.2, -0.15) is 0 Å². The van der Waals surface area contributed by atoms with E-state index in [2.05, 4.69) is 10.0 Å². The molecule has 2 atom stereocenters. The van der Waals surface area contributed by atoms with E-state index in [4.69, 9.17) is 10.3 Å². The molecule has 8 heteroatoms. The maximum Gasteiger partial charge on any atom is 0.417 e. The van der Waals surface area contributed by atoms with E-state index in [1.54, 1.807) is 24.3 Å². The number of nitrogens with zero attached hydrogens (tertiary/aromatic N) is 4. The number of amides is 2. The van der Waals surface area contributed by atoms with Crippen molar-refractivity contribution >= 4 is 12.0 Å². The van der Waals surface area contributed by atoms with Crippen LogP contribution >= 0.6 is 0 Å². The third-order valence-electron chi connectivity index (χ3n) is 3.14. The van der Waals surface area contributed by atoms with E-state index in [0.717, 1.165) is 10.5 Å². The van der Waals surface area contributed by atoms with Crippen molar-refractivity contribution in [2.24, 2.45) is 5.11 Å². The van der Waals surface area contributed by atoms with Gasteiger partial charge in [-0.1, -0.05) is 35.4 Å². The van der Waals surface area contributed by atoms with E-state index in [9.17, 15) is 14.7 Å². The monoisotopic (exact) mass is 290 g/mol. The van der Waals surface area contributed by atoms with Crippen LogP contribution in [0.3, 0.4) is 0 Å². The zero-order chi connectivity index (χ0) is 15.2. The molecule has 1 aromatic rings. The molecule has 1 aliphatic rings. The van der Waals surface area contributed by atoms with Crippen molar-refractivity contribution < 1.29 is 19.4 Å². The van der Waals surface area contributed by atoms with Crippen LogP contribution in [0.25, 0.3) is 10.4 Å². The Kier molecular flexibility index (Phi) is 4.76. The number of hydrogen-bond donors (Lipinski definition) is 1. The minimum atomic E-state index is -1.27. The number of aliphatic hydroxyl groups is 1. The highest BCUT2D eigenvalue weighted by Crippen LogP contribution is 2.21. The van der Waals surface area contributed by atoms with E-state index >= 15 is 0 Å². The first-order valence-corrected chi connectivity index (χ1v) is 6.36. The Morgan fingerprint density at radius 1 is 1.48 bits per heavy atom.